The number of aromatic hydroxyl groups is 1. The van der Waals surface area contributed by atoms with Crippen molar-refractivity contribution in [1.82, 2.24) is 9.97 Å². The number of aromatic nitrogens is 2. The number of hydrogen-bond donors (Lipinski definition) is 2. The van der Waals surface area contributed by atoms with Gasteiger partial charge in [0.15, 0.2) is 0 Å². The molecule has 2 N–H and O–H groups in total. The maximum absolute atomic E-state index is 9.87. The third-order valence-corrected chi connectivity index (χ3v) is 4.67. The Bertz CT molecular complexity index is 811. The molecule has 3 rings (SSSR count). The monoisotopic (exact) mass is 393 g/mol. The third-order valence-electron chi connectivity index (χ3n) is 2.83. The summed E-state index contributed by atoms with van der Waals surface area (Å²) in [6.07, 6.45) is 3.28. The Morgan fingerprint density at radius 1 is 1.15 bits per heavy atom. The minimum absolute atomic E-state index is 0.173. The molecule has 0 aliphatic heterocycles. The van der Waals surface area contributed by atoms with Crippen molar-refractivity contribution >= 4 is 54.8 Å². The zero-order chi connectivity index (χ0) is 14.1. The van der Waals surface area contributed by atoms with Gasteiger partial charge in [0, 0.05) is 20.7 Å². The molecule has 0 saturated heterocycles. The van der Waals surface area contributed by atoms with E-state index >= 15 is 0 Å². The third kappa shape index (κ3) is 2.62. The van der Waals surface area contributed by atoms with Gasteiger partial charge in [-0.05, 0) is 62.2 Å². The lowest BCUT2D eigenvalue weighted by Gasteiger charge is -2.02. The van der Waals surface area contributed by atoms with Gasteiger partial charge < -0.3 is 10.1 Å². The molecule has 0 aliphatic rings. The van der Waals surface area contributed by atoms with Crippen molar-refractivity contribution in [3.05, 3.63) is 51.2 Å². The number of H-pyrrole nitrogens is 1. The number of phenols is 1. The molecule has 6 heteroatoms. The summed E-state index contributed by atoms with van der Waals surface area (Å²) >= 11 is 6.74. The van der Waals surface area contributed by atoms with E-state index in [-0.39, 0.29) is 5.75 Å². The van der Waals surface area contributed by atoms with Gasteiger partial charge >= 0.3 is 0 Å². The smallest absolute Gasteiger partial charge is 0.125 e. The molecule has 3 aromatic rings. The van der Waals surface area contributed by atoms with E-state index in [1.807, 2.05) is 18.2 Å². The van der Waals surface area contributed by atoms with E-state index in [4.69, 9.17) is 0 Å². The number of benzene rings is 2. The fourth-order valence-electron chi connectivity index (χ4n) is 1.80. The van der Waals surface area contributed by atoms with Crippen molar-refractivity contribution in [1.29, 1.82) is 0 Å². The minimum Gasteiger partial charge on any atom is -0.507 e. The number of phenolic OH excluding ortho intramolecular Hbond substituents is 1. The second-order valence-electron chi connectivity index (χ2n) is 4.19. The maximum Gasteiger partial charge on any atom is 0.125 e. The van der Waals surface area contributed by atoms with Gasteiger partial charge in [0.2, 0.25) is 0 Å². The molecule has 20 heavy (non-hydrogen) atoms. The number of aliphatic imine (C=N–C) groups is 1. The second-order valence-corrected chi connectivity index (χ2v) is 5.90. The lowest BCUT2D eigenvalue weighted by molar-refractivity contribution is 0.474. The van der Waals surface area contributed by atoms with Crippen molar-refractivity contribution in [2.24, 2.45) is 4.99 Å². The van der Waals surface area contributed by atoms with Crippen LogP contribution in [0.2, 0.25) is 0 Å². The van der Waals surface area contributed by atoms with Crippen LogP contribution in [-0.2, 0) is 0 Å². The summed E-state index contributed by atoms with van der Waals surface area (Å²) in [6, 6.07) is 9.12. The van der Waals surface area contributed by atoms with Crippen LogP contribution in [0.4, 0.5) is 5.69 Å². The Morgan fingerprint density at radius 2 is 1.95 bits per heavy atom. The number of aromatic amines is 1. The Hall–Kier alpha value is -1.66. The highest BCUT2D eigenvalue weighted by Crippen LogP contribution is 2.30. The zero-order valence-electron chi connectivity index (χ0n) is 10.1. The van der Waals surface area contributed by atoms with Crippen molar-refractivity contribution in [2.45, 2.75) is 0 Å². The van der Waals surface area contributed by atoms with E-state index in [0.29, 0.717) is 5.56 Å². The summed E-state index contributed by atoms with van der Waals surface area (Å²) in [7, 11) is 0. The molecule has 0 radical (unpaired) electrons. The van der Waals surface area contributed by atoms with Gasteiger partial charge in [-0.1, -0.05) is 0 Å². The SMILES string of the molecule is Oc1cc(Br)c(Br)cc1C=Nc1ccc2nc[nH]c2c1. The van der Waals surface area contributed by atoms with E-state index < -0.39 is 0 Å². The Labute approximate surface area is 131 Å². The number of rotatable bonds is 2. The van der Waals surface area contributed by atoms with Crippen LogP contribution in [0.25, 0.3) is 11.0 Å². The molecule has 0 saturated carbocycles. The van der Waals surface area contributed by atoms with E-state index in [1.165, 1.54) is 0 Å². The molecule has 0 unspecified atom stereocenters. The van der Waals surface area contributed by atoms with Crippen molar-refractivity contribution in [3.63, 3.8) is 0 Å². The summed E-state index contributed by atoms with van der Waals surface area (Å²) < 4.78 is 1.66. The first-order valence-electron chi connectivity index (χ1n) is 5.79. The van der Waals surface area contributed by atoms with Gasteiger partial charge in [-0.15, -0.1) is 0 Å². The van der Waals surface area contributed by atoms with E-state index in [1.54, 1.807) is 24.7 Å². The largest absolute Gasteiger partial charge is 0.507 e. The van der Waals surface area contributed by atoms with E-state index in [0.717, 1.165) is 25.7 Å². The number of fused-ring (bicyclic) bond motifs is 1. The molecule has 1 heterocycles. The molecule has 0 bridgehead atoms. The highest BCUT2D eigenvalue weighted by Gasteiger charge is 2.04. The number of nitrogens with zero attached hydrogens (tertiary/aromatic N) is 2. The first-order chi connectivity index (χ1) is 9.63. The second kappa shape index (κ2) is 5.38. The summed E-state index contributed by atoms with van der Waals surface area (Å²) in [5.41, 5.74) is 3.27. The van der Waals surface area contributed by atoms with Gasteiger partial charge in [0.05, 0.1) is 23.0 Å². The van der Waals surface area contributed by atoms with Crippen LogP contribution < -0.4 is 0 Å². The predicted octanol–water partition coefficient (Wildman–Crippen LogP) is 4.54. The van der Waals surface area contributed by atoms with Crippen LogP contribution in [0, 0.1) is 0 Å². The summed E-state index contributed by atoms with van der Waals surface area (Å²) in [5, 5.41) is 9.87. The Morgan fingerprint density at radius 3 is 2.80 bits per heavy atom. The molecule has 4 nitrogen and oxygen atoms in total. The summed E-state index contributed by atoms with van der Waals surface area (Å²) in [4.78, 5) is 11.6. The number of nitrogens with one attached hydrogen (secondary N) is 1. The Balaban J connectivity index is 1.95. The van der Waals surface area contributed by atoms with Crippen molar-refractivity contribution < 1.29 is 5.11 Å². The van der Waals surface area contributed by atoms with Crippen LogP contribution in [0.3, 0.4) is 0 Å². The molecule has 2 aromatic carbocycles. The van der Waals surface area contributed by atoms with Crippen molar-refractivity contribution in [3.8, 4) is 5.75 Å². The van der Waals surface area contributed by atoms with Gasteiger partial charge in [-0.2, -0.15) is 0 Å². The maximum atomic E-state index is 9.87. The average molecular weight is 395 g/mol. The van der Waals surface area contributed by atoms with Crippen LogP contribution in [0.15, 0.2) is 50.6 Å². The van der Waals surface area contributed by atoms with Crippen LogP contribution in [-0.4, -0.2) is 21.3 Å². The molecule has 0 fully saturated rings. The quantitative estimate of drug-likeness (QED) is 0.626. The number of halogens is 2. The van der Waals surface area contributed by atoms with Crippen molar-refractivity contribution in [2.75, 3.05) is 0 Å². The van der Waals surface area contributed by atoms with Crippen LogP contribution in [0.1, 0.15) is 5.56 Å². The summed E-state index contributed by atoms with van der Waals surface area (Å²) in [5.74, 6) is 0.173. The molecule has 0 spiro atoms. The van der Waals surface area contributed by atoms with Gasteiger partial charge in [0.1, 0.15) is 5.75 Å². The minimum atomic E-state index is 0.173. The summed E-state index contributed by atoms with van der Waals surface area (Å²) in [6.45, 7) is 0. The topological polar surface area (TPSA) is 61.3 Å². The van der Waals surface area contributed by atoms with Crippen LogP contribution >= 0.6 is 31.9 Å². The van der Waals surface area contributed by atoms with Gasteiger partial charge in [-0.3, -0.25) is 4.99 Å². The fourth-order valence-corrected chi connectivity index (χ4v) is 2.50. The normalized spacial score (nSPS) is 11.5. The molecule has 100 valence electrons. The molecular formula is C14H9Br2N3O. The van der Waals surface area contributed by atoms with Gasteiger partial charge in [0.25, 0.3) is 0 Å². The molecule has 1 aromatic heterocycles. The molecule has 0 aliphatic carbocycles. The fraction of sp³-hybridized carbons (Fsp3) is 0. The zero-order valence-corrected chi connectivity index (χ0v) is 13.3. The number of hydrogen-bond acceptors (Lipinski definition) is 3. The highest BCUT2D eigenvalue weighted by molar-refractivity contribution is 9.13. The first-order valence-corrected chi connectivity index (χ1v) is 7.37. The lowest BCUT2D eigenvalue weighted by atomic mass is 10.2. The average Bonchev–Trinajstić information content (AvgIpc) is 2.89. The lowest BCUT2D eigenvalue weighted by Crippen LogP contribution is -1.83. The molecule has 0 amide bonds. The first kappa shape index (κ1) is 13.3. The molecular weight excluding hydrogens is 386 g/mol. The standard InChI is InChI=1S/C14H9Br2N3O/c15-10-3-8(14(20)5-11(10)16)6-17-9-1-2-12-13(4-9)19-7-18-12/h1-7,20H,(H,18,19). The predicted molar refractivity (Wildman–Crippen MR) is 86.9 cm³/mol. The van der Waals surface area contributed by atoms with Gasteiger partial charge in [-0.25, -0.2) is 4.98 Å². The number of imidazole rings is 1. The van der Waals surface area contributed by atoms with Crippen LogP contribution in [0.5, 0.6) is 5.75 Å². The van der Waals surface area contributed by atoms with E-state index in [2.05, 4.69) is 46.8 Å². The highest BCUT2D eigenvalue weighted by atomic mass is 79.9. The molecule has 0 atom stereocenters. The Kier molecular flexibility index (Phi) is 3.58. The van der Waals surface area contributed by atoms with E-state index in [9.17, 15) is 5.11 Å².